The van der Waals surface area contributed by atoms with Crippen LogP contribution in [0, 0.1) is 6.92 Å². The van der Waals surface area contributed by atoms with Crippen LogP contribution in [-0.2, 0) is 16.0 Å². The van der Waals surface area contributed by atoms with E-state index in [0.717, 1.165) is 35.6 Å². The van der Waals surface area contributed by atoms with Crippen molar-refractivity contribution in [1.29, 1.82) is 0 Å². The first-order valence-electron chi connectivity index (χ1n) is 12.9. The number of para-hydroxylation sites is 1. The molecule has 1 saturated heterocycles. The first-order chi connectivity index (χ1) is 17.9. The number of rotatable bonds is 5. The predicted molar refractivity (Wildman–Crippen MR) is 168 cm³/mol. The summed E-state index contributed by atoms with van der Waals surface area (Å²) in [6, 6.07) is 16.8. The third kappa shape index (κ3) is 17.5. The third-order valence-corrected chi connectivity index (χ3v) is 5.33. The number of hydrogen-bond donors (Lipinski definition) is 3. The Kier molecular flexibility index (Phi) is 24.7. The molecule has 1 fully saturated rings. The van der Waals surface area contributed by atoms with Crippen molar-refractivity contribution in [1.82, 2.24) is 10.3 Å². The van der Waals surface area contributed by atoms with Gasteiger partial charge in [0.2, 0.25) is 0 Å². The standard InChI is InChI=1S/C16H16N2S.C5H7NO.C3H6O.C3H8.C2H6.CH4S/c1-12-6-2-3-7-13(12)10-11-17-16-18-14-8-4-5-9-15(14)19-16;1-4-2-5(7)3-6-4;1-2-3-4;1-3-2;2*1-2/h2-9H,10-11H2,1H3,(H,17,18);6H,1-3H2;3H,2H2,1H3;3H2,1-2H3;1-2H3;2H,1H3. The number of aryl methyl sites for hydroxylation is 1. The molecule has 37 heavy (non-hydrogen) atoms. The minimum Gasteiger partial charge on any atom is -0.381 e. The molecule has 5 nitrogen and oxygen atoms in total. The molecule has 0 spiro atoms. The van der Waals surface area contributed by atoms with Gasteiger partial charge in [-0.15, -0.1) is 0 Å². The van der Waals surface area contributed by atoms with Gasteiger partial charge in [0.05, 0.1) is 16.8 Å². The van der Waals surface area contributed by atoms with Crippen LogP contribution in [0.3, 0.4) is 0 Å². The molecule has 0 unspecified atom stereocenters. The maximum absolute atomic E-state index is 10.3. The lowest BCUT2D eigenvalue weighted by atomic mass is 10.1. The summed E-state index contributed by atoms with van der Waals surface area (Å²) < 4.78 is 1.24. The number of thiazole rings is 1. The van der Waals surface area contributed by atoms with E-state index in [1.807, 2.05) is 26.8 Å². The van der Waals surface area contributed by atoms with E-state index < -0.39 is 0 Å². The summed E-state index contributed by atoms with van der Waals surface area (Å²) in [5, 5.41) is 7.25. The maximum atomic E-state index is 10.3. The molecular formula is C30H47N3O2S2. The summed E-state index contributed by atoms with van der Waals surface area (Å²) in [4.78, 5) is 24.1. The fourth-order valence-corrected chi connectivity index (χ4v) is 3.62. The van der Waals surface area contributed by atoms with E-state index in [2.05, 4.69) is 98.1 Å². The van der Waals surface area contributed by atoms with Crippen LogP contribution in [0.1, 0.15) is 65.0 Å². The number of Topliss-reactive ketones (excluding diaryl/α,β-unsaturated/α-hetero) is 1. The Hall–Kier alpha value is -2.64. The third-order valence-electron chi connectivity index (χ3n) is 4.34. The van der Waals surface area contributed by atoms with E-state index >= 15 is 0 Å². The number of thiol groups is 1. The quantitative estimate of drug-likeness (QED) is 0.224. The Labute approximate surface area is 234 Å². The molecule has 0 amide bonds. The van der Waals surface area contributed by atoms with Crippen molar-refractivity contribution in [3.05, 3.63) is 71.9 Å². The highest BCUT2D eigenvalue weighted by atomic mass is 32.1. The van der Waals surface area contributed by atoms with Gasteiger partial charge in [-0.1, -0.05) is 95.4 Å². The van der Waals surface area contributed by atoms with E-state index in [-0.39, 0.29) is 5.78 Å². The van der Waals surface area contributed by atoms with Crippen LogP contribution in [0.25, 0.3) is 10.2 Å². The van der Waals surface area contributed by atoms with Gasteiger partial charge in [-0.25, -0.2) is 4.98 Å². The van der Waals surface area contributed by atoms with Gasteiger partial charge in [0.25, 0.3) is 0 Å². The van der Waals surface area contributed by atoms with Gasteiger partial charge in [-0.05, 0) is 42.9 Å². The molecule has 0 atom stereocenters. The molecule has 0 radical (unpaired) electrons. The summed E-state index contributed by atoms with van der Waals surface area (Å²) >= 11 is 5.24. The SMILES string of the molecule is C=C1CC(=O)CN1.CC.CCC.CCC=O.CS.Cc1ccccc1CCNc1nc2ccccc2s1. The predicted octanol–water partition coefficient (Wildman–Crippen LogP) is 7.91. The highest BCUT2D eigenvalue weighted by molar-refractivity contribution is 7.79. The van der Waals surface area contributed by atoms with Gasteiger partial charge in [0.15, 0.2) is 10.9 Å². The zero-order chi connectivity index (χ0) is 28.5. The Morgan fingerprint density at radius 3 is 2.11 bits per heavy atom. The van der Waals surface area contributed by atoms with Crippen LogP contribution in [0.15, 0.2) is 60.8 Å². The second-order valence-corrected chi connectivity index (χ2v) is 8.58. The van der Waals surface area contributed by atoms with E-state index in [1.165, 1.54) is 22.2 Å². The molecule has 7 heteroatoms. The fourth-order valence-electron chi connectivity index (χ4n) is 2.73. The molecule has 1 aliphatic heterocycles. The number of anilines is 1. The fraction of sp³-hybridized carbons (Fsp3) is 0.433. The van der Waals surface area contributed by atoms with Crippen molar-refractivity contribution in [2.45, 2.75) is 67.2 Å². The molecule has 2 aromatic carbocycles. The van der Waals surface area contributed by atoms with Gasteiger partial charge in [0.1, 0.15) is 6.29 Å². The molecule has 3 aromatic rings. The summed E-state index contributed by atoms with van der Waals surface area (Å²) in [6.07, 6.45) is 6.02. The van der Waals surface area contributed by atoms with Crippen molar-refractivity contribution in [3.8, 4) is 0 Å². The average Bonchev–Trinajstić information content (AvgIpc) is 3.52. The number of fused-ring (bicyclic) bond motifs is 1. The van der Waals surface area contributed by atoms with Crippen molar-refractivity contribution < 1.29 is 9.59 Å². The summed E-state index contributed by atoms with van der Waals surface area (Å²) in [5.74, 6) is 0.241. The topological polar surface area (TPSA) is 71.1 Å². The number of benzene rings is 2. The number of aldehydes is 1. The van der Waals surface area contributed by atoms with E-state index in [4.69, 9.17) is 0 Å². The molecule has 206 valence electrons. The Bertz CT molecular complexity index is 956. The molecule has 0 aliphatic carbocycles. The molecule has 1 aromatic heterocycles. The normalized spacial score (nSPS) is 10.8. The van der Waals surface area contributed by atoms with Gasteiger partial charge >= 0.3 is 0 Å². The molecular weight excluding hydrogens is 498 g/mol. The smallest absolute Gasteiger partial charge is 0.183 e. The number of nitrogens with one attached hydrogen (secondary N) is 2. The first-order valence-corrected chi connectivity index (χ1v) is 14.6. The van der Waals surface area contributed by atoms with Gasteiger partial charge in [0, 0.05) is 25.1 Å². The van der Waals surface area contributed by atoms with Crippen LogP contribution in [0.5, 0.6) is 0 Å². The van der Waals surface area contributed by atoms with Crippen molar-refractivity contribution >= 4 is 51.4 Å². The number of hydrogen-bond acceptors (Lipinski definition) is 7. The minimum atomic E-state index is 0.241. The first kappa shape index (κ1) is 36.5. The van der Waals surface area contributed by atoms with Crippen LogP contribution >= 0.6 is 24.0 Å². The summed E-state index contributed by atoms with van der Waals surface area (Å²) in [5.41, 5.74) is 4.68. The maximum Gasteiger partial charge on any atom is 0.183 e. The molecule has 4 rings (SSSR count). The second kappa shape index (κ2) is 25.0. The van der Waals surface area contributed by atoms with Gasteiger partial charge in [-0.2, -0.15) is 12.6 Å². The van der Waals surface area contributed by atoms with E-state index in [9.17, 15) is 9.59 Å². The number of carbonyl (C=O) groups is 2. The van der Waals surface area contributed by atoms with Crippen molar-refractivity contribution in [2.75, 3.05) is 24.7 Å². The average molecular weight is 546 g/mol. The lowest BCUT2D eigenvalue weighted by Gasteiger charge is -2.05. The molecule has 2 heterocycles. The van der Waals surface area contributed by atoms with Crippen molar-refractivity contribution in [2.24, 2.45) is 0 Å². The minimum absolute atomic E-state index is 0.241. The molecule has 1 aliphatic rings. The highest BCUT2D eigenvalue weighted by Crippen LogP contribution is 2.25. The number of ketones is 1. The van der Waals surface area contributed by atoms with Crippen LogP contribution < -0.4 is 10.6 Å². The highest BCUT2D eigenvalue weighted by Gasteiger charge is 2.10. The Morgan fingerprint density at radius 2 is 1.65 bits per heavy atom. The van der Waals surface area contributed by atoms with E-state index in [1.54, 1.807) is 17.6 Å². The van der Waals surface area contributed by atoms with Crippen molar-refractivity contribution in [3.63, 3.8) is 0 Å². The monoisotopic (exact) mass is 545 g/mol. The Morgan fingerprint density at radius 1 is 1.08 bits per heavy atom. The lowest BCUT2D eigenvalue weighted by molar-refractivity contribution is -0.116. The largest absolute Gasteiger partial charge is 0.381 e. The molecule has 0 saturated carbocycles. The second-order valence-electron chi connectivity index (χ2n) is 7.54. The zero-order valence-corrected chi connectivity index (χ0v) is 25.5. The number of carbonyl (C=O) groups excluding carboxylic acids is 2. The van der Waals surface area contributed by atoms with Gasteiger partial charge < -0.3 is 15.4 Å². The van der Waals surface area contributed by atoms with Gasteiger partial charge in [-0.3, -0.25) is 4.79 Å². The van der Waals surface area contributed by atoms with Crippen LogP contribution in [0.4, 0.5) is 5.13 Å². The summed E-state index contributed by atoms with van der Waals surface area (Å²) in [7, 11) is 0. The number of aromatic nitrogens is 1. The molecule has 2 N–H and O–H groups in total. The Balaban J connectivity index is 0. The zero-order valence-electron chi connectivity index (χ0n) is 23.8. The van der Waals surface area contributed by atoms with Crippen LogP contribution in [0.2, 0.25) is 0 Å². The number of allylic oxidation sites excluding steroid dienone is 1. The van der Waals surface area contributed by atoms with E-state index in [0.29, 0.717) is 19.4 Å². The summed E-state index contributed by atoms with van der Waals surface area (Å²) in [6.45, 7) is 17.2. The number of nitrogens with zero attached hydrogens (tertiary/aromatic N) is 1. The lowest BCUT2D eigenvalue weighted by Crippen LogP contribution is -2.06. The molecule has 0 bridgehead atoms. The van der Waals surface area contributed by atoms with Crippen LogP contribution in [-0.4, -0.2) is 36.4 Å².